The summed E-state index contributed by atoms with van der Waals surface area (Å²) in [5.74, 6) is -1.49. The first-order valence-corrected chi connectivity index (χ1v) is 7.84. The van der Waals surface area contributed by atoms with E-state index in [1.54, 1.807) is 4.90 Å². The number of pyridine rings is 1. The molecule has 5 nitrogen and oxygen atoms in total. The molecule has 1 amide bonds. The summed E-state index contributed by atoms with van der Waals surface area (Å²) in [5.41, 5.74) is -0.229. The average Bonchev–Trinajstić information content (AvgIpc) is 2.45. The fourth-order valence-electron chi connectivity index (χ4n) is 2.79. The predicted molar refractivity (Wildman–Crippen MR) is 83.3 cm³/mol. The van der Waals surface area contributed by atoms with Crippen molar-refractivity contribution in [1.29, 1.82) is 0 Å². The highest BCUT2D eigenvalue weighted by Crippen LogP contribution is 2.27. The van der Waals surface area contributed by atoms with E-state index in [9.17, 15) is 14.0 Å². The molecule has 0 radical (unpaired) electrons. The summed E-state index contributed by atoms with van der Waals surface area (Å²) in [6, 6.07) is 2.30. The smallest absolute Gasteiger partial charge is 0.311 e. The minimum atomic E-state index is -0.625. The first-order chi connectivity index (χ1) is 10.7. The number of rotatable bonds is 2. The molecule has 1 aliphatic rings. The van der Waals surface area contributed by atoms with E-state index in [4.69, 9.17) is 4.74 Å². The normalized spacial score (nSPS) is 21.9. The third kappa shape index (κ3) is 4.27. The first kappa shape index (κ1) is 17.4. The molecule has 2 rings (SSSR count). The van der Waals surface area contributed by atoms with Gasteiger partial charge in [0.05, 0.1) is 11.5 Å². The topological polar surface area (TPSA) is 59.5 Å². The van der Waals surface area contributed by atoms with Crippen molar-refractivity contribution in [1.82, 2.24) is 9.88 Å². The van der Waals surface area contributed by atoms with Gasteiger partial charge in [0, 0.05) is 18.8 Å². The second-order valence-corrected chi connectivity index (χ2v) is 6.89. The van der Waals surface area contributed by atoms with Gasteiger partial charge in [0.15, 0.2) is 0 Å². The maximum Gasteiger partial charge on any atom is 0.311 e. The second-order valence-electron chi connectivity index (χ2n) is 6.89. The largest absolute Gasteiger partial charge is 0.460 e. The zero-order valence-corrected chi connectivity index (χ0v) is 14.0. The lowest BCUT2D eigenvalue weighted by Gasteiger charge is -2.39. The van der Waals surface area contributed by atoms with Crippen molar-refractivity contribution in [3.63, 3.8) is 0 Å². The fraction of sp³-hybridized carbons (Fsp3) is 0.588. The van der Waals surface area contributed by atoms with Gasteiger partial charge in [0.2, 0.25) is 5.95 Å². The summed E-state index contributed by atoms with van der Waals surface area (Å²) in [5, 5.41) is 0. The Morgan fingerprint density at radius 3 is 2.61 bits per heavy atom. The Labute approximate surface area is 135 Å². The van der Waals surface area contributed by atoms with E-state index in [-0.39, 0.29) is 23.8 Å². The van der Waals surface area contributed by atoms with Crippen LogP contribution >= 0.6 is 0 Å². The number of esters is 1. The van der Waals surface area contributed by atoms with Crippen LogP contribution in [-0.2, 0) is 9.53 Å². The van der Waals surface area contributed by atoms with Gasteiger partial charge in [-0.2, -0.15) is 4.39 Å². The summed E-state index contributed by atoms with van der Waals surface area (Å²) in [7, 11) is 0. The Bertz CT molecular complexity index is 580. The highest BCUT2D eigenvalue weighted by molar-refractivity contribution is 5.94. The van der Waals surface area contributed by atoms with Crippen molar-refractivity contribution in [2.75, 3.05) is 6.54 Å². The number of likely N-dealkylation sites (tertiary alicyclic amines) is 1. The number of ether oxygens (including phenoxy) is 1. The van der Waals surface area contributed by atoms with E-state index in [0.717, 1.165) is 12.5 Å². The van der Waals surface area contributed by atoms with Gasteiger partial charge in [0.25, 0.3) is 5.91 Å². The highest BCUT2D eigenvalue weighted by atomic mass is 19.1. The van der Waals surface area contributed by atoms with Gasteiger partial charge < -0.3 is 9.64 Å². The van der Waals surface area contributed by atoms with Crippen LogP contribution in [0.3, 0.4) is 0 Å². The van der Waals surface area contributed by atoms with Crippen molar-refractivity contribution >= 4 is 11.9 Å². The second kappa shape index (κ2) is 6.64. The standard InChI is InChI=1S/C17H23FN2O3/c1-11-13(16(22)23-17(2,3)4)6-5-9-20(11)15(21)12-7-8-14(18)19-10-12/h7-8,10-11,13H,5-6,9H2,1-4H3/t11-,13-/m1/s1. The highest BCUT2D eigenvalue weighted by Gasteiger charge is 2.38. The van der Waals surface area contributed by atoms with Gasteiger partial charge in [-0.05, 0) is 52.7 Å². The molecule has 1 aromatic rings. The van der Waals surface area contributed by atoms with Crippen molar-refractivity contribution in [2.24, 2.45) is 5.92 Å². The number of hydrogen-bond acceptors (Lipinski definition) is 4. The molecule has 1 aromatic heterocycles. The number of carbonyl (C=O) groups excluding carboxylic acids is 2. The predicted octanol–water partition coefficient (Wildman–Crippen LogP) is 2.80. The van der Waals surface area contributed by atoms with Crippen molar-refractivity contribution in [3.05, 3.63) is 29.8 Å². The lowest BCUT2D eigenvalue weighted by molar-refractivity contribution is -0.163. The molecule has 6 heteroatoms. The molecule has 0 spiro atoms. The van der Waals surface area contributed by atoms with E-state index in [1.165, 1.54) is 12.3 Å². The minimum Gasteiger partial charge on any atom is -0.460 e. The monoisotopic (exact) mass is 322 g/mol. The zero-order valence-electron chi connectivity index (χ0n) is 14.0. The Balaban J connectivity index is 2.12. The van der Waals surface area contributed by atoms with Gasteiger partial charge in [-0.1, -0.05) is 0 Å². The molecule has 23 heavy (non-hydrogen) atoms. The van der Waals surface area contributed by atoms with E-state index in [1.807, 2.05) is 27.7 Å². The first-order valence-electron chi connectivity index (χ1n) is 7.84. The van der Waals surface area contributed by atoms with Crippen LogP contribution in [0.4, 0.5) is 4.39 Å². The Kier molecular flexibility index (Phi) is 5.02. The quantitative estimate of drug-likeness (QED) is 0.620. The molecule has 0 saturated carbocycles. The van der Waals surface area contributed by atoms with Crippen LogP contribution in [0.5, 0.6) is 0 Å². The molecule has 0 aliphatic carbocycles. The molecule has 2 atom stereocenters. The van der Waals surface area contributed by atoms with Crippen LogP contribution in [0.1, 0.15) is 50.9 Å². The molecule has 0 bridgehead atoms. The minimum absolute atomic E-state index is 0.238. The zero-order chi connectivity index (χ0) is 17.2. The van der Waals surface area contributed by atoms with Crippen molar-refractivity contribution in [2.45, 2.75) is 52.2 Å². The number of amides is 1. The molecular weight excluding hydrogens is 299 g/mol. The van der Waals surface area contributed by atoms with E-state index in [0.29, 0.717) is 18.5 Å². The maximum absolute atomic E-state index is 12.9. The van der Waals surface area contributed by atoms with Crippen molar-refractivity contribution < 1.29 is 18.7 Å². The van der Waals surface area contributed by atoms with Crippen LogP contribution in [0.15, 0.2) is 18.3 Å². The number of halogens is 1. The molecule has 1 aliphatic heterocycles. The van der Waals surface area contributed by atoms with Crippen LogP contribution in [-0.4, -0.2) is 39.9 Å². The molecule has 1 saturated heterocycles. The maximum atomic E-state index is 12.9. The van der Waals surface area contributed by atoms with E-state index < -0.39 is 11.5 Å². The summed E-state index contributed by atoms with van der Waals surface area (Å²) in [6.07, 6.45) is 2.65. The lowest BCUT2D eigenvalue weighted by Crippen LogP contribution is -2.50. The summed E-state index contributed by atoms with van der Waals surface area (Å²) < 4.78 is 18.4. The van der Waals surface area contributed by atoms with E-state index >= 15 is 0 Å². The molecule has 126 valence electrons. The summed E-state index contributed by atoms with van der Waals surface area (Å²) in [6.45, 7) is 7.89. The average molecular weight is 322 g/mol. The molecule has 0 unspecified atom stereocenters. The Morgan fingerprint density at radius 1 is 1.35 bits per heavy atom. The molecule has 0 aromatic carbocycles. The van der Waals surface area contributed by atoms with Crippen molar-refractivity contribution in [3.8, 4) is 0 Å². The van der Waals surface area contributed by atoms with Gasteiger partial charge >= 0.3 is 5.97 Å². The molecule has 2 heterocycles. The number of piperidine rings is 1. The Morgan fingerprint density at radius 2 is 2.04 bits per heavy atom. The summed E-state index contributed by atoms with van der Waals surface area (Å²) in [4.78, 5) is 30.1. The molecular formula is C17H23FN2O3. The van der Waals surface area contributed by atoms with Crippen LogP contribution in [0, 0.1) is 11.9 Å². The van der Waals surface area contributed by atoms with Crippen LogP contribution in [0.2, 0.25) is 0 Å². The molecule has 1 fully saturated rings. The van der Waals surface area contributed by atoms with Gasteiger partial charge in [0.1, 0.15) is 5.60 Å². The number of aromatic nitrogens is 1. The van der Waals surface area contributed by atoms with Gasteiger partial charge in [-0.3, -0.25) is 9.59 Å². The van der Waals surface area contributed by atoms with Gasteiger partial charge in [-0.15, -0.1) is 0 Å². The number of hydrogen-bond donors (Lipinski definition) is 0. The van der Waals surface area contributed by atoms with Gasteiger partial charge in [-0.25, -0.2) is 4.98 Å². The number of nitrogens with zero attached hydrogens (tertiary/aromatic N) is 2. The molecule has 0 N–H and O–H groups in total. The Hall–Kier alpha value is -1.98. The lowest BCUT2D eigenvalue weighted by atomic mass is 9.89. The fourth-order valence-corrected chi connectivity index (χ4v) is 2.79. The van der Waals surface area contributed by atoms with E-state index in [2.05, 4.69) is 4.98 Å². The SMILES string of the molecule is C[C@@H]1[C@H](C(=O)OC(C)(C)C)CCCN1C(=O)c1ccc(F)nc1. The third-order valence-corrected chi connectivity index (χ3v) is 3.93. The van der Waals surface area contributed by atoms with Crippen LogP contribution in [0.25, 0.3) is 0 Å². The third-order valence-electron chi connectivity index (χ3n) is 3.93. The van der Waals surface area contributed by atoms with Crippen LogP contribution < -0.4 is 0 Å². The summed E-state index contributed by atoms with van der Waals surface area (Å²) >= 11 is 0. The number of carbonyl (C=O) groups is 2.